The zero-order valence-electron chi connectivity index (χ0n) is 24.4. The maximum atomic E-state index is 14.0. The Morgan fingerprint density at radius 3 is 2.34 bits per heavy atom. The van der Waals surface area contributed by atoms with Crippen molar-refractivity contribution in [2.45, 2.75) is 38.4 Å². The van der Waals surface area contributed by atoms with Crippen molar-refractivity contribution >= 4 is 29.6 Å². The van der Waals surface area contributed by atoms with Crippen LogP contribution in [0.15, 0.2) is 61.2 Å². The predicted molar refractivity (Wildman–Crippen MR) is 156 cm³/mol. The number of carbonyl (C=O) groups excluding carboxylic acids is 2. The third-order valence-corrected chi connectivity index (χ3v) is 7.04. The molecule has 0 radical (unpaired) electrons. The van der Waals surface area contributed by atoms with Crippen LogP contribution in [0.3, 0.4) is 0 Å². The van der Waals surface area contributed by atoms with Gasteiger partial charge in [0.05, 0.1) is 29.0 Å². The van der Waals surface area contributed by atoms with Crippen LogP contribution in [-0.4, -0.2) is 73.5 Å². The van der Waals surface area contributed by atoms with E-state index in [0.29, 0.717) is 15.8 Å². The molecule has 2 atom stereocenters. The quantitative estimate of drug-likeness (QED) is 0.102. The first-order chi connectivity index (χ1) is 22.3. The van der Waals surface area contributed by atoms with Crippen LogP contribution in [0, 0.1) is 5.41 Å². The van der Waals surface area contributed by atoms with E-state index in [1.54, 1.807) is 0 Å². The fourth-order valence-electron chi connectivity index (χ4n) is 4.31. The molecule has 0 aliphatic carbocycles. The van der Waals surface area contributed by atoms with Gasteiger partial charge in [-0.15, -0.1) is 0 Å². The number of alkyl halides is 6. The van der Waals surface area contributed by atoms with Crippen molar-refractivity contribution < 1.29 is 40.7 Å². The van der Waals surface area contributed by atoms with Gasteiger partial charge >= 0.3 is 12.6 Å². The zero-order chi connectivity index (χ0) is 34.4. The van der Waals surface area contributed by atoms with E-state index in [4.69, 9.17) is 21.7 Å². The Bertz CT molecular complexity index is 1720. The second-order valence-corrected chi connectivity index (χ2v) is 10.2. The van der Waals surface area contributed by atoms with Gasteiger partial charge in [-0.25, -0.2) is 36.7 Å². The molecule has 0 fully saturated rings. The number of nitrogens with one attached hydrogen (secondary N) is 3. The van der Waals surface area contributed by atoms with Crippen molar-refractivity contribution in [1.82, 2.24) is 40.1 Å². The van der Waals surface area contributed by atoms with Crippen LogP contribution in [0.5, 0.6) is 0 Å². The molecule has 3 N–H and O–H groups in total. The molecule has 2 aromatic carbocycles. The number of ether oxygens (including phenoxy) is 1. The van der Waals surface area contributed by atoms with Gasteiger partial charge in [-0.2, -0.15) is 19.0 Å². The van der Waals surface area contributed by atoms with Crippen molar-refractivity contribution in [2.75, 3.05) is 13.7 Å². The van der Waals surface area contributed by atoms with Crippen LogP contribution < -0.4 is 10.6 Å². The minimum absolute atomic E-state index is 0.00113. The Morgan fingerprint density at radius 1 is 1.04 bits per heavy atom. The van der Waals surface area contributed by atoms with Crippen LogP contribution in [0.25, 0.3) is 16.8 Å². The average molecular weight is 686 g/mol. The predicted octanol–water partition coefficient (Wildman–Crippen LogP) is 5.83. The zero-order valence-corrected chi connectivity index (χ0v) is 25.2. The summed E-state index contributed by atoms with van der Waals surface area (Å²) < 4.78 is 85.7. The molecule has 0 spiro atoms. The lowest BCUT2D eigenvalue weighted by Crippen LogP contribution is -2.47. The van der Waals surface area contributed by atoms with Gasteiger partial charge in [-0.1, -0.05) is 29.8 Å². The number of benzene rings is 2. The molecule has 0 bridgehead atoms. The molecule has 0 saturated carbocycles. The summed E-state index contributed by atoms with van der Waals surface area (Å²) in [6.07, 6.45) is -4.00. The van der Waals surface area contributed by atoms with Crippen LogP contribution in [0.1, 0.15) is 47.7 Å². The van der Waals surface area contributed by atoms with E-state index >= 15 is 0 Å². The Kier molecular flexibility index (Phi) is 11.1. The summed E-state index contributed by atoms with van der Waals surface area (Å²) in [6, 6.07) is 6.65. The molecular formula is C28H26ClF6N9O3. The van der Waals surface area contributed by atoms with Crippen LogP contribution in [0.2, 0.25) is 5.02 Å². The van der Waals surface area contributed by atoms with Gasteiger partial charge < -0.3 is 15.4 Å². The summed E-state index contributed by atoms with van der Waals surface area (Å²) in [5, 5.41) is 20.4. The van der Waals surface area contributed by atoms with E-state index in [-0.39, 0.29) is 21.8 Å². The fraction of sp³-hybridized carbons (Fsp3) is 0.286. The Morgan fingerprint density at radius 2 is 1.74 bits per heavy atom. The van der Waals surface area contributed by atoms with Crippen LogP contribution in [-0.2, 0) is 4.74 Å². The second kappa shape index (κ2) is 15.0. The van der Waals surface area contributed by atoms with Crippen molar-refractivity contribution in [3.8, 4) is 16.8 Å². The van der Waals surface area contributed by atoms with Gasteiger partial charge in [0.15, 0.2) is 11.8 Å². The third-order valence-electron chi connectivity index (χ3n) is 6.72. The normalized spacial score (nSPS) is 12.7. The Labute approximate surface area is 267 Å². The van der Waals surface area contributed by atoms with Gasteiger partial charge in [0.1, 0.15) is 12.9 Å². The highest BCUT2D eigenvalue weighted by Gasteiger charge is 2.32. The first-order valence-electron chi connectivity index (χ1n) is 13.5. The van der Waals surface area contributed by atoms with E-state index < -0.39 is 61.9 Å². The highest BCUT2D eigenvalue weighted by molar-refractivity contribution is 6.32. The monoisotopic (exact) mass is 685 g/mol. The summed E-state index contributed by atoms with van der Waals surface area (Å²) in [4.78, 5) is 30.8. The third kappa shape index (κ3) is 8.00. The number of rotatable bonds is 11. The molecule has 2 aromatic heterocycles. The van der Waals surface area contributed by atoms with Gasteiger partial charge in [-0.05, 0) is 42.3 Å². The van der Waals surface area contributed by atoms with Gasteiger partial charge in [0, 0.05) is 24.4 Å². The summed E-state index contributed by atoms with van der Waals surface area (Å²) in [6.45, 7) is -2.52. The summed E-state index contributed by atoms with van der Waals surface area (Å²) in [5.41, 5.74) is 0.804. The fourth-order valence-corrected chi connectivity index (χ4v) is 4.50. The number of halogens is 7. The van der Waals surface area contributed by atoms with Gasteiger partial charge in [0.25, 0.3) is 18.8 Å². The van der Waals surface area contributed by atoms with Crippen molar-refractivity contribution in [3.63, 3.8) is 0 Å². The van der Waals surface area contributed by atoms with Crippen LogP contribution in [0.4, 0.5) is 31.1 Å². The highest BCUT2D eigenvalue weighted by Crippen LogP contribution is 2.31. The topological polar surface area (TPSA) is 143 Å². The first kappa shape index (κ1) is 34.7. The summed E-state index contributed by atoms with van der Waals surface area (Å²) >= 11 is 6.31. The van der Waals surface area contributed by atoms with E-state index in [1.165, 1.54) is 55.7 Å². The van der Waals surface area contributed by atoms with Crippen molar-refractivity contribution in [2.24, 2.45) is 0 Å². The SMILES string of the molecule is CNC(=N)N(C(=O)c1ccc(-c2cnn(C(F)F)c2)cc1)[C@H](COC(=O)N[C@@H](C)C(F)F)c1ccc(Cl)c(-n2ncnc2C(F)F)c1. The maximum Gasteiger partial charge on any atom is 0.407 e. The minimum Gasteiger partial charge on any atom is -0.447 e. The molecule has 0 saturated heterocycles. The van der Waals surface area contributed by atoms with E-state index in [9.17, 15) is 35.9 Å². The second-order valence-electron chi connectivity index (χ2n) is 9.76. The molecule has 47 heavy (non-hydrogen) atoms. The average Bonchev–Trinajstić information content (AvgIpc) is 3.74. The molecule has 0 aliphatic rings. The molecule has 12 nitrogen and oxygen atoms in total. The summed E-state index contributed by atoms with van der Waals surface area (Å²) in [7, 11) is 1.33. The van der Waals surface area contributed by atoms with E-state index in [1.807, 2.05) is 5.32 Å². The lowest BCUT2D eigenvalue weighted by atomic mass is 10.0. The molecule has 2 heterocycles. The Hall–Kier alpha value is -5.13. The maximum absolute atomic E-state index is 14.0. The van der Waals surface area contributed by atoms with Crippen LogP contribution >= 0.6 is 11.6 Å². The number of hydrogen-bond donors (Lipinski definition) is 3. The first-order valence-corrected chi connectivity index (χ1v) is 13.9. The summed E-state index contributed by atoms with van der Waals surface area (Å²) in [5.74, 6) is -2.07. The number of alkyl carbamates (subject to hydrolysis) is 1. The van der Waals surface area contributed by atoms with Gasteiger partial charge in [0.2, 0.25) is 0 Å². The lowest BCUT2D eigenvalue weighted by molar-refractivity contribution is 0.0566. The van der Waals surface area contributed by atoms with Crippen molar-refractivity contribution in [1.29, 1.82) is 5.41 Å². The molecule has 2 amide bonds. The highest BCUT2D eigenvalue weighted by atomic mass is 35.5. The lowest BCUT2D eigenvalue weighted by Gasteiger charge is -2.32. The number of hydrogen-bond acceptors (Lipinski definition) is 7. The van der Waals surface area contributed by atoms with Gasteiger partial charge in [-0.3, -0.25) is 15.1 Å². The standard InChI is InChI=1S/C28H26ClF6N9O3/c1-14(22(30)31)41-28(46)47-12-21(17-7-8-19(29)20(9-17)44-24(23(32)33)38-13-40-44)43(27(36)37-2)25(45)16-5-3-15(4-6-16)18-10-39-42(11-18)26(34)35/h3-11,13-14,21-23,26H,12H2,1-2H3,(H2,36,37)(H,41,46)/t14-,21+/m0/s1. The minimum atomic E-state index is -3.04. The molecular weight excluding hydrogens is 660 g/mol. The van der Waals surface area contributed by atoms with E-state index in [0.717, 1.165) is 29.0 Å². The number of amides is 2. The molecule has 250 valence electrons. The molecule has 19 heteroatoms. The van der Waals surface area contributed by atoms with E-state index in [2.05, 4.69) is 20.5 Å². The largest absolute Gasteiger partial charge is 0.447 e. The molecule has 4 rings (SSSR count). The number of guanidine groups is 1. The number of carbonyl (C=O) groups is 2. The number of nitrogens with zero attached hydrogens (tertiary/aromatic N) is 6. The molecule has 0 unspecified atom stereocenters. The Balaban J connectivity index is 1.75. The smallest absolute Gasteiger partial charge is 0.407 e. The molecule has 0 aliphatic heterocycles. The van der Waals surface area contributed by atoms with Crippen molar-refractivity contribution in [3.05, 3.63) is 83.2 Å². The number of aromatic nitrogens is 5. The molecule has 4 aromatic rings.